The van der Waals surface area contributed by atoms with Gasteiger partial charge in [-0.05, 0) is 42.3 Å². The first-order chi connectivity index (χ1) is 12.6. The zero-order chi connectivity index (χ0) is 18.4. The number of amides is 1. The fourth-order valence-electron chi connectivity index (χ4n) is 2.31. The molecule has 1 heterocycles. The SMILES string of the molecule is CCc1ccc(NC(=O)COC(=O)/C=C/c2nc3ccccc3s2)cc1. The van der Waals surface area contributed by atoms with E-state index < -0.39 is 5.97 Å². The van der Waals surface area contributed by atoms with Crippen LogP contribution in [0, 0.1) is 0 Å². The number of nitrogens with one attached hydrogen (secondary N) is 1. The van der Waals surface area contributed by atoms with Gasteiger partial charge in [-0.15, -0.1) is 11.3 Å². The number of fused-ring (bicyclic) bond motifs is 1. The van der Waals surface area contributed by atoms with E-state index in [0.29, 0.717) is 10.7 Å². The number of ether oxygens (including phenoxy) is 1. The molecule has 0 aliphatic rings. The molecule has 5 nitrogen and oxygen atoms in total. The van der Waals surface area contributed by atoms with Crippen LogP contribution < -0.4 is 5.32 Å². The average molecular weight is 366 g/mol. The second-order valence-corrected chi connectivity index (χ2v) is 6.62. The molecule has 26 heavy (non-hydrogen) atoms. The van der Waals surface area contributed by atoms with Crippen molar-refractivity contribution in [2.45, 2.75) is 13.3 Å². The predicted octanol–water partition coefficient (Wildman–Crippen LogP) is 4.05. The van der Waals surface area contributed by atoms with Gasteiger partial charge in [0.25, 0.3) is 5.91 Å². The fourth-order valence-corrected chi connectivity index (χ4v) is 3.18. The molecule has 0 saturated carbocycles. The Morgan fingerprint density at radius 1 is 1.15 bits per heavy atom. The van der Waals surface area contributed by atoms with Gasteiger partial charge in [-0.3, -0.25) is 4.79 Å². The molecule has 0 fully saturated rings. The smallest absolute Gasteiger partial charge is 0.331 e. The molecule has 0 spiro atoms. The number of nitrogens with zero attached hydrogens (tertiary/aromatic N) is 1. The molecule has 3 aromatic rings. The molecule has 0 bridgehead atoms. The molecular formula is C20H18N2O3S. The minimum absolute atomic E-state index is 0.335. The number of para-hydroxylation sites is 1. The second kappa shape index (κ2) is 8.40. The Balaban J connectivity index is 1.48. The lowest BCUT2D eigenvalue weighted by atomic mass is 10.1. The zero-order valence-electron chi connectivity index (χ0n) is 14.3. The highest BCUT2D eigenvalue weighted by atomic mass is 32.1. The number of hydrogen-bond donors (Lipinski definition) is 1. The summed E-state index contributed by atoms with van der Waals surface area (Å²) in [6.45, 7) is 1.73. The largest absolute Gasteiger partial charge is 0.452 e. The highest BCUT2D eigenvalue weighted by Gasteiger charge is 2.06. The van der Waals surface area contributed by atoms with E-state index in [2.05, 4.69) is 17.2 Å². The van der Waals surface area contributed by atoms with Crippen LogP contribution in [0.1, 0.15) is 17.5 Å². The molecule has 0 aliphatic heterocycles. The van der Waals surface area contributed by atoms with Gasteiger partial charge in [0.1, 0.15) is 5.01 Å². The number of thiazole rings is 1. The predicted molar refractivity (Wildman–Crippen MR) is 104 cm³/mol. The lowest BCUT2D eigenvalue weighted by Gasteiger charge is -2.06. The molecule has 0 saturated heterocycles. The molecule has 0 atom stereocenters. The number of anilines is 1. The van der Waals surface area contributed by atoms with Crippen LogP contribution in [0.5, 0.6) is 0 Å². The van der Waals surface area contributed by atoms with Crippen molar-refractivity contribution in [1.82, 2.24) is 4.98 Å². The Bertz CT molecular complexity index is 912. The number of carbonyl (C=O) groups excluding carboxylic acids is 2. The van der Waals surface area contributed by atoms with Crippen LogP contribution in [-0.2, 0) is 20.7 Å². The molecule has 1 aromatic heterocycles. The molecule has 0 unspecified atom stereocenters. The van der Waals surface area contributed by atoms with Crippen molar-refractivity contribution in [3.63, 3.8) is 0 Å². The normalized spacial score (nSPS) is 11.0. The Morgan fingerprint density at radius 3 is 2.65 bits per heavy atom. The van der Waals surface area contributed by atoms with Gasteiger partial charge in [-0.25, -0.2) is 9.78 Å². The van der Waals surface area contributed by atoms with E-state index in [1.807, 2.05) is 48.5 Å². The lowest BCUT2D eigenvalue weighted by molar-refractivity contribution is -0.142. The van der Waals surface area contributed by atoms with Gasteiger partial charge < -0.3 is 10.1 Å². The number of carbonyl (C=O) groups is 2. The van der Waals surface area contributed by atoms with Crippen LogP contribution in [0.25, 0.3) is 16.3 Å². The van der Waals surface area contributed by atoms with Crippen LogP contribution in [0.2, 0.25) is 0 Å². The fraction of sp³-hybridized carbons (Fsp3) is 0.150. The Labute approximate surface area is 155 Å². The molecule has 1 amide bonds. The van der Waals surface area contributed by atoms with Crippen molar-refractivity contribution in [3.05, 3.63) is 65.2 Å². The van der Waals surface area contributed by atoms with Crippen molar-refractivity contribution in [2.75, 3.05) is 11.9 Å². The van der Waals surface area contributed by atoms with Gasteiger partial charge in [-0.1, -0.05) is 31.2 Å². The van der Waals surface area contributed by atoms with Gasteiger partial charge in [0.05, 0.1) is 10.2 Å². The van der Waals surface area contributed by atoms with Crippen LogP contribution in [-0.4, -0.2) is 23.5 Å². The summed E-state index contributed by atoms with van der Waals surface area (Å²) < 4.78 is 6.01. The van der Waals surface area contributed by atoms with Crippen molar-refractivity contribution in [3.8, 4) is 0 Å². The van der Waals surface area contributed by atoms with Crippen LogP contribution in [0.15, 0.2) is 54.6 Å². The summed E-state index contributed by atoms with van der Waals surface area (Å²) >= 11 is 1.48. The first-order valence-corrected chi connectivity index (χ1v) is 9.05. The van der Waals surface area contributed by atoms with E-state index in [-0.39, 0.29) is 12.5 Å². The number of aryl methyl sites for hydroxylation is 1. The Morgan fingerprint density at radius 2 is 1.92 bits per heavy atom. The first-order valence-electron chi connectivity index (χ1n) is 8.23. The van der Waals surface area contributed by atoms with Crippen molar-refractivity contribution in [1.29, 1.82) is 0 Å². The van der Waals surface area contributed by atoms with E-state index >= 15 is 0 Å². The zero-order valence-corrected chi connectivity index (χ0v) is 15.1. The highest BCUT2D eigenvalue weighted by molar-refractivity contribution is 7.19. The summed E-state index contributed by atoms with van der Waals surface area (Å²) in [5.41, 5.74) is 2.75. The van der Waals surface area contributed by atoms with Gasteiger partial charge in [0.15, 0.2) is 6.61 Å². The minimum atomic E-state index is -0.583. The maximum atomic E-state index is 11.8. The maximum absolute atomic E-state index is 11.8. The number of hydrogen-bond acceptors (Lipinski definition) is 5. The molecule has 6 heteroatoms. The summed E-state index contributed by atoms with van der Waals surface area (Å²) in [7, 11) is 0. The number of rotatable bonds is 6. The van der Waals surface area contributed by atoms with Crippen LogP contribution in [0.3, 0.4) is 0 Å². The summed E-state index contributed by atoms with van der Waals surface area (Å²) in [4.78, 5) is 28.0. The summed E-state index contributed by atoms with van der Waals surface area (Å²) in [6, 6.07) is 15.3. The number of aromatic nitrogens is 1. The first kappa shape index (κ1) is 17.8. The minimum Gasteiger partial charge on any atom is -0.452 e. The average Bonchev–Trinajstić information content (AvgIpc) is 3.08. The van der Waals surface area contributed by atoms with E-state index in [1.54, 1.807) is 6.08 Å². The summed E-state index contributed by atoms with van der Waals surface area (Å²) in [6.07, 6.45) is 3.81. The van der Waals surface area contributed by atoms with E-state index in [0.717, 1.165) is 16.6 Å². The van der Waals surface area contributed by atoms with Crippen LogP contribution in [0.4, 0.5) is 5.69 Å². The molecule has 3 rings (SSSR count). The van der Waals surface area contributed by atoms with Gasteiger partial charge in [0.2, 0.25) is 0 Å². The molecule has 1 N–H and O–H groups in total. The molecular weight excluding hydrogens is 348 g/mol. The molecule has 0 radical (unpaired) electrons. The van der Waals surface area contributed by atoms with Crippen LogP contribution >= 0.6 is 11.3 Å². The van der Waals surface area contributed by atoms with Crippen molar-refractivity contribution >= 4 is 45.2 Å². The van der Waals surface area contributed by atoms with Gasteiger partial charge in [-0.2, -0.15) is 0 Å². The van der Waals surface area contributed by atoms with E-state index in [4.69, 9.17) is 4.74 Å². The summed E-state index contributed by atoms with van der Waals surface area (Å²) in [5, 5.41) is 3.40. The molecule has 132 valence electrons. The maximum Gasteiger partial charge on any atom is 0.331 e. The molecule has 0 aliphatic carbocycles. The quantitative estimate of drug-likeness (QED) is 0.528. The van der Waals surface area contributed by atoms with Gasteiger partial charge >= 0.3 is 5.97 Å². The number of esters is 1. The Kier molecular flexibility index (Phi) is 5.76. The highest BCUT2D eigenvalue weighted by Crippen LogP contribution is 2.22. The van der Waals surface area contributed by atoms with E-state index in [9.17, 15) is 9.59 Å². The monoisotopic (exact) mass is 366 g/mol. The number of benzene rings is 2. The van der Waals surface area contributed by atoms with Gasteiger partial charge in [0, 0.05) is 11.8 Å². The second-order valence-electron chi connectivity index (χ2n) is 5.56. The summed E-state index contributed by atoms with van der Waals surface area (Å²) in [5.74, 6) is -0.961. The van der Waals surface area contributed by atoms with Crippen molar-refractivity contribution in [2.24, 2.45) is 0 Å². The third-order valence-corrected chi connectivity index (χ3v) is 4.67. The third-order valence-electron chi connectivity index (χ3n) is 3.66. The third kappa shape index (κ3) is 4.77. The Hall–Kier alpha value is -2.99. The topological polar surface area (TPSA) is 68.3 Å². The van der Waals surface area contributed by atoms with Crippen molar-refractivity contribution < 1.29 is 14.3 Å². The lowest BCUT2D eigenvalue weighted by Crippen LogP contribution is -2.20. The molecule has 2 aromatic carbocycles. The van der Waals surface area contributed by atoms with E-state index in [1.165, 1.54) is 23.0 Å². The standard InChI is InChI=1S/C20H18N2O3S/c1-2-14-7-9-15(10-8-14)21-18(23)13-25-20(24)12-11-19-22-16-5-3-4-6-17(16)26-19/h3-12H,2,13H2,1H3,(H,21,23)/b12-11+.